The topological polar surface area (TPSA) is 17.1 Å². The van der Waals surface area contributed by atoms with E-state index in [2.05, 4.69) is 19.6 Å². The van der Waals surface area contributed by atoms with E-state index in [1.54, 1.807) is 6.92 Å². The van der Waals surface area contributed by atoms with Crippen molar-refractivity contribution in [3.8, 4) is 0 Å². The van der Waals surface area contributed by atoms with Crippen LogP contribution in [0.1, 0.15) is 39.0 Å². The van der Waals surface area contributed by atoms with Crippen molar-refractivity contribution in [3.63, 3.8) is 0 Å². The van der Waals surface area contributed by atoms with E-state index in [9.17, 15) is 4.79 Å². The lowest BCUT2D eigenvalue weighted by atomic mass is 9.48. The summed E-state index contributed by atoms with van der Waals surface area (Å²) >= 11 is 0. The molecular weight excluding hydrogens is 212 g/mol. The van der Waals surface area contributed by atoms with Crippen molar-refractivity contribution in [2.45, 2.75) is 64.7 Å². The summed E-state index contributed by atoms with van der Waals surface area (Å²) < 4.78 is 0. The SMILES string of the molecule is CC(=O)C1CC2(C[Si](C)(C)C)CCCCC12. The molecule has 3 atom stereocenters. The summed E-state index contributed by atoms with van der Waals surface area (Å²) in [7, 11) is -0.983. The minimum absolute atomic E-state index is 0.427. The summed E-state index contributed by atoms with van der Waals surface area (Å²) in [6.45, 7) is 9.25. The molecule has 2 heteroatoms. The number of ketones is 1. The molecule has 2 fully saturated rings. The molecule has 0 aromatic rings. The van der Waals surface area contributed by atoms with E-state index in [-0.39, 0.29) is 0 Å². The highest BCUT2D eigenvalue weighted by atomic mass is 28.3. The van der Waals surface area contributed by atoms with E-state index >= 15 is 0 Å². The minimum atomic E-state index is -0.983. The Balaban J connectivity index is 2.11. The van der Waals surface area contributed by atoms with Crippen LogP contribution in [0.4, 0.5) is 0 Å². The highest BCUT2D eigenvalue weighted by Crippen LogP contribution is 2.62. The van der Waals surface area contributed by atoms with Gasteiger partial charge >= 0.3 is 0 Å². The fraction of sp³-hybridized carbons (Fsp3) is 0.929. The van der Waals surface area contributed by atoms with Gasteiger partial charge in [-0.05, 0) is 37.5 Å². The van der Waals surface area contributed by atoms with Crippen LogP contribution in [0.15, 0.2) is 0 Å². The third-order valence-electron chi connectivity index (χ3n) is 4.74. The highest BCUT2D eigenvalue weighted by molar-refractivity contribution is 6.76. The molecule has 2 aliphatic rings. The lowest BCUT2D eigenvalue weighted by molar-refractivity contribution is -0.139. The minimum Gasteiger partial charge on any atom is -0.300 e. The van der Waals surface area contributed by atoms with Crippen molar-refractivity contribution in [2.24, 2.45) is 17.3 Å². The molecule has 0 N–H and O–H groups in total. The molecule has 0 spiro atoms. The smallest absolute Gasteiger partial charge is 0.133 e. The highest BCUT2D eigenvalue weighted by Gasteiger charge is 2.56. The fourth-order valence-corrected chi connectivity index (χ4v) is 7.10. The summed E-state index contributed by atoms with van der Waals surface area (Å²) in [6, 6.07) is 1.45. The van der Waals surface area contributed by atoms with E-state index in [1.807, 2.05) is 0 Å². The lowest BCUT2D eigenvalue weighted by Crippen LogP contribution is -2.54. The Kier molecular flexibility index (Phi) is 3.06. The van der Waals surface area contributed by atoms with E-state index < -0.39 is 8.07 Å². The molecule has 0 heterocycles. The molecule has 16 heavy (non-hydrogen) atoms. The van der Waals surface area contributed by atoms with Crippen molar-refractivity contribution in [2.75, 3.05) is 0 Å². The van der Waals surface area contributed by atoms with E-state index in [1.165, 1.54) is 38.1 Å². The van der Waals surface area contributed by atoms with Crippen LogP contribution in [0.5, 0.6) is 0 Å². The van der Waals surface area contributed by atoms with Gasteiger partial charge in [-0.2, -0.15) is 0 Å². The molecule has 2 saturated carbocycles. The maximum absolute atomic E-state index is 11.6. The Morgan fingerprint density at radius 1 is 1.31 bits per heavy atom. The summed E-state index contributed by atoms with van der Waals surface area (Å²) in [5.74, 6) is 1.64. The van der Waals surface area contributed by atoms with Crippen LogP contribution in [0.2, 0.25) is 25.7 Å². The molecule has 0 aromatic carbocycles. The Labute approximate surface area is 101 Å². The van der Waals surface area contributed by atoms with Gasteiger partial charge in [0.15, 0.2) is 0 Å². The van der Waals surface area contributed by atoms with Crippen LogP contribution >= 0.6 is 0 Å². The normalized spacial score (nSPS) is 38.8. The molecule has 92 valence electrons. The molecular formula is C14H26OSi. The lowest BCUT2D eigenvalue weighted by Gasteiger charge is -2.59. The standard InChI is InChI=1S/C14H26OSi/c1-11(15)12-9-14(10-16(2,3)4)8-6-5-7-13(12)14/h12-13H,5-10H2,1-4H3. The molecule has 0 bridgehead atoms. The quantitative estimate of drug-likeness (QED) is 0.676. The largest absolute Gasteiger partial charge is 0.300 e. The zero-order valence-electron chi connectivity index (χ0n) is 11.3. The number of carbonyl (C=O) groups is 1. The van der Waals surface area contributed by atoms with Gasteiger partial charge in [0.1, 0.15) is 5.78 Å². The van der Waals surface area contributed by atoms with Crippen molar-refractivity contribution in [1.82, 2.24) is 0 Å². The number of hydrogen-bond donors (Lipinski definition) is 0. The van der Waals surface area contributed by atoms with E-state index in [0.717, 1.165) is 5.92 Å². The summed E-state index contributed by atoms with van der Waals surface area (Å²) in [4.78, 5) is 11.6. The predicted octanol–water partition coefficient (Wildman–Crippen LogP) is 4.11. The fourth-order valence-electron chi connectivity index (χ4n) is 4.41. The van der Waals surface area contributed by atoms with Crippen LogP contribution in [-0.4, -0.2) is 13.9 Å². The Hall–Kier alpha value is -0.113. The zero-order chi connectivity index (χ0) is 12.0. The monoisotopic (exact) mass is 238 g/mol. The zero-order valence-corrected chi connectivity index (χ0v) is 12.3. The number of carbonyl (C=O) groups excluding carboxylic acids is 1. The Morgan fingerprint density at radius 2 is 2.00 bits per heavy atom. The van der Waals surface area contributed by atoms with Crippen molar-refractivity contribution < 1.29 is 4.79 Å². The van der Waals surface area contributed by atoms with Crippen molar-refractivity contribution >= 4 is 13.9 Å². The summed E-state index contributed by atoms with van der Waals surface area (Å²) in [6.07, 6.45) is 6.73. The van der Waals surface area contributed by atoms with Crippen LogP contribution in [0.25, 0.3) is 0 Å². The molecule has 0 radical (unpaired) electrons. The Bertz CT molecular complexity index is 292. The van der Waals surface area contributed by atoms with Crippen molar-refractivity contribution in [1.29, 1.82) is 0 Å². The first-order valence-corrected chi connectivity index (χ1v) is 10.6. The Morgan fingerprint density at radius 3 is 2.56 bits per heavy atom. The van der Waals surface area contributed by atoms with E-state index in [4.69, 9.17) is 0 Å². The first-order valence-electron chi connectivity index (χ1n) is 6.85. The second-order valence-corrected chi connectivity index (χ2v) is 12.8. The van der Waals surface area contributed by atoms with Crippen LogP contribution in [0, 0.1) is 17.3 Å². The molecule has 2 rings (SSSR count). The second-order valence-electron chi connectivity index (χ2n) is 7.37. The van der Waals surface area contributed by atoms with Gasteiger partial charge in [0, 0.05) is 14.0 Å². The first kappa shape index (κ1) is 12.3. The van der Waals surface area contributed by atoms with Gasteiger partial charge in [-0.15, -0.1) is 0 Å². The molecule has 1 nitrogen and oxygen atoms in total. The number of hydrogen-bond acceptors (Lipinski definition) is 1. The third kappa shape index (κ3) is 2.13. The van der Waals surface area contributed by atoms with Crippen molar-refractivity contribution in [3.05, 3.63) is 0 Å². The van der Waals surface area contributed by atoms with Crippen LogP contribution in [0.3, 0.4) is 0 Å². The average molecular weight is 238 g/mol. The molecule has 2 aliphatic carbocycles. The number of Topliss-reactive ketones (excluding diaryl/α,β-unsaturated/α-hetero) is 1. The molecule has 0 aromatic heterocycles. The third-order valence-corrected chi connectivity index (χ3v) is 6.51. The maximum Gasteiger partial charge on any atom is 0.133 e. The second kappa shape index (κ2) is 3.97. The number of rotatable bonds is 3. The van der Waals surface area contributed by atoms with Gasteiger partial charge in [0.25, 0.3) is 0 Å². The van der Waals surface area contributed by atoms with E-state index in [0.29, 0.717) is 17.1 Å². The van der Waals surface area contributed by atoms with Crippen LogP contribution in [-0.2, 0) is 4.79 Å². The summed E-state index contributed by atoms with van der Waals surface area (Å²) in [5, 5.41) is 0. The average Bonchev–Trinajstić information content (AvgIpc) is 2.08. The van der Waals surface area contributed by atoms with Gasteiger partial charge in [-0.25, -0.2) is 0 Å². The number of fused-ring (bicyclic) bond motifs is 1. The van der Waals surface area contributed by atoms with Crippen LogP contribution < -0.4 is 0 Å². The van der Waals surface area contributed by atoms with Gasteiger partial charge in [0.2, 0.25) is 0 Å². The van der Waals surface area contributed by atoms with Gasteiger partial charge in [-0.3, -0.25) is 4.79 Å². The van der Waals surface area contributed by atoms with Gasteiger partial charge < -0.3 is 0 Å². The first-order chi connectivity index (χ1) is 7.34. The maximum atomic E-state index is 11.6. The predicted molar refractivity (Wildman–Crippen MR) is 71.3 cm³/mol. The van der Waals surface area contributed by atoms with Gasteiger partial charge in [0.05, 0.1) is 0 Å². The van der Waals surface area contributed by atoms with Gasteiger partial charge in [-0.1, -0.05) is 38.5 Å². The molecule has 0 amide bonds. The molecule has 0 aliphatic heterocycles. The molecule has 3 unspecified atom stereocenters. The molecule has 0 saturated heterocycles. The summed E-state index contributed by atoms with van der Waals surface area (Å²) in [5.41, 5.74) is 0.596.